The van der Waals surface area contributed by atoms with E-state index in [2.05, 4.69) is 26.0 Å². The van der Waals surface area contributed by atoms with E-state index in [1.165, 1.54) is 44.9 Å². The molecule has 2 aliphatic rings. The summed E-state index contributed by atoms with van der Waals surface area (Å²) >= 11 is 0. The van der Waals surface area contributed by atoms with Crippen molar-refractivity contribution in [2.75, 3.05) is 0 Å². The van der Waals surface area contributed by atoms with Gasteiger partial charge in [-0.05, 0) is 55.8 Å². The van der Waals surface area contributed by atoms with Crippen molar-refractivity contribution in [2.45, 2.75) is 58.8 Å². The van der Waals surface area contributed by atoms with Gasteiger partial charge in [0.1, 0.15) is 0 Å². The SMILES string of the molecule is CC/C=C/C1CCCC2(CC(C)C2)C1. The highest BCUT2D eigenvalue weighted by molar-refractivity contribution is 5.00. The van der Waals surface area contributed by atoms with Crippen LogP contribution in [0.25, 0.3) is 0 Å². The summed E-state index contributed by atoms with van der Waals surface area (Å²) in [6.07, 6.45) is 15.0. The highest BCUT2D eigenvalue weighted by Crippen LogP contribution is 2.56. The molecule has 0 aromatic heterocycles. The van der Waals surface area contributed by atoms with Crippen LogP contribution in [0.2, 0.25) is 0 Å². The molecular weight excluding hydrogens is 168 g/mol. The number of hydrogen-bond acceptors (Lipinski definition) is 0. The molecule has 0 N–H and O–H groups in total. The number of allylic oxidation sites excluding steroid dienone is 2. The van der Waals surface area contributed by atoms with E-state index in [1.54, 1.807) is 0 Å². The lowest BCUT2D eigenvalue weighted by molar-refractivity contribution is 0.0100. The molecular formula is C14H24. The van der Waals surface area contributed by atoms with Crippen LogP contribution in [-0.4, -0.2) is 0 Å². The minimum absolute atomic E-state index is 0.792. The monoisotopic (exact) mass is 192 g/mol. The van der Waals surface area contributed by atoms with Crippen molar-refractivity contribution in [3.8, 4) is 0 Å². The lowest BCUT2D eigenvalue weighted by atomic mass is 9.54. The molecule has 0 radical (unpaired) electrons. The molecule has 14 heavy (non-hydrogen) atoms. The second kappa shape index (κ2) is 4.08. The highest BCUT2D eigenvalue weighted by atomic mass is 14.5. The van der Waals surface area contributed by atoms with E-state index in [0.717, 1.165) is 17.3 Å². The molecule has 2 fully saturated rings. The van der Waals surface area contributed by atoms with Crippen LogP contribution in [0.1, 0.15) is 58.8 Å². The number of rotatable bonds is 2. The average molecular weight is 192 g/mol. The molecule has 2 rings (SSSR count). The van der Waals surface area contributed by atoms with Crippen LogP contribution < -0.4 is 0 Å². The van der Waals surface area contributed by atoms with Gasteiger partial charge in [0.15, 0.2) is 0 Å². The Hall–Kier alpha value is -0.260. The summed E-state index contributed by atoms with van der Waals surface area (Å²) in [6, 6.07) is 0. The summed E-state index contributed by atoms with van der Waals surface area (Å²) in [5.74, 6) is 1.93. The Bertz CT molecular complexity index is 203. The smallest absolute Gasteiger partial charge is 0.0228 e. The van der Waals surface area contributed by atoms with Gasteiger partial charge in [-0.2, -0.15) is 0 Å². The van der Waals surface area contributed by atoms with Crippen molar-refractivity contribution in [1.29, 1.82) is 0 Å². The maximum atomic E-state index is 2.49. The van der Waals surface area contributed by atoms with E-state index in [9.17, 15) is 0 Å². The number of hydrogen-bond donors (Lipinski definition) is 0. The Morgan fingerprint density at radius 1 is 1.29 bits per heavy atom. The molecule has 1 spiro atoms. The maximum Gasteiger partial charge on any atom is -0.0228 e. The van der Waals surface area contributed by atoms with Gasteiger partial charge >= 0.3 is 0 Å². The second-order valence-electron chi connectivity index (χ2n) is 5.71. The Labute approximate surface area is 88.8 Å². The van der Waals surface area contributed by atoms with E-state index in [1.807, 2.05) is 0 Å². The predicted molar refractivity (Wildman–Crippen MR) is 62.2 cm³/mol. The zero-order valence-corrected chi connectivity index (χ0v) is 9.76. The fourth-order valence-electron chi connectivity index (χ4n) is 3.78. The van der Waals surface area contributed by atoms with Crippen molar-refractivity contribution in [3.05, 3.63) is 12.2 Å². The minimum atomic E-state index is 0.792. The first kappa shape index (κ1) is 10.3. The minimum Gasteiger partial charge on any atom is -0.0885 e. The van der Waals surface area contributed by atoms with E-state index in [0.29, 0.717) is 0 Å². The first-order chi connectivity index (χ1) is 6.74. The van der Waals surface area contributed by atoms with Crippen LogP contribution in [0.4, 0.5) is 0 Å². The van der Waals surface area contributed by atoms with Gasteiger partial charge in [-0.25, -0.2) is 0 Å². The van der Waals surface area contributed by atoms with E-state index in [4.69, 9.17) is 0 Å². The normalized spacial score (nSPS) is 43.0. The van der Waals surface area contributed by atoms with Gasteiger partial charge in [0.25, 0.3) is 0 Å². The standard InChI is InChI=1S/C14H24/c1-3-4-6-13-7-5-8-14(11-13)9-12(2)10-14/h4,6,12-13H,3,5,7-11H2,1-2H3/b6-4+. The largest absolute Gasteiger partial charge is 0.0885 e. The van der Waals surface area contributed by atoms with Crippen molar-refractivity contribution >= 4 is 0 Å². The Morgan fingerprint density at radius 2 is 2.07 bits per heavy atom. The molecule has 0 bridgehead atoms. The lowest BCUT2D eigenvalue weighted by Gasteiger charge is -2.51. The van der Waals surface area contributed by atoms with E-state index >= 15 is 0 Å². The van der Waals surface area contributed by atoms with Crippen LogP contribution in [0.15, 0.2) is 12.2 Å². The van der Waals surface area contributed by atoms with Crippen molar-refractivity contribution in [1.82, 2.24) is 0 Å². The fraction of sp³-hybridized carbons (Fsp3) is 0.857. The van der Waals surface area contributed by atoms with Gasteiger partial charge < -0.3 is 0 Å². The van der Waals surface area contributed by atoms with Crippen molar-refractivity contribution in [3.63, 3.8) is 0 Å². The summed E-state index contributed by atoms with van der Waals surface area (Å²) in [4.78, 5) is 0. The zero-order chi connectivity index (χ0) is 10.0. The molecule has 1 atom stereocenters. The van der Waals surface area contributed by atoms with Gasteiger partial charge in [-0.15, -0.1) is 0 Å². The Balaban J connectivity index is 1.88. The first-order valence-corrected chi connectivity index (χ1v) is 6.41. The summed E-state index contributed by atoms with van der Waals surface area (Å²) in [5.41, 5.74) is 0.792. The molecule has 0 heterocycles. The molecule has 0 aromatic carbocycles. The third-order valence-electron chi connectivity index (χ3n) is 4.18. The quantitative estimate of drug-likeness (QED) is 0.563. The van der Waals surface area contributed by atoms with E-state index < -0.39 is 0 Å². The van der Waals surface area contributed by atoms with Crippen LogP contribution in [0.5, 0.6) is 0 Å². The highest BCUT2D eigenvalue weighted by Gasteiger charge is 2.44. The van der Waals surface area contributed by atoms with Crippen LogP contribution in [0.3, 0.4) is 0 Å². The Kier molecular flexibility index (Phi) is 2.99. The van der Waals surface area contributed by atoms with Crippen molar-refractivity contribution < 1.29 is 0 Å². The molecule has 0 aliphatic heterocycles. The maximum absolute atomic E-state index is 2.49. The molecule has 2 aliphatic carbocycles. The molecule has 0 heteroatoms. The third kappa shape index (κ3) is 2.04. The van der Waals surface area contributed by atoms with Gasteiger partial charge in [-0.1, -0.05) is 32.4 Å². The summed E-state index contributed by atoms with van der Waals surface area (Å²) < 4.78 is 0. The molecule has 0 amide bonds. The van der Waals surface area contributed by atoms with Crippen LogP contribution in [-0.2, 0) is 0 Å². The van der Waals surface area contributed by atoms with Crippen LogP contribution in [0, 0.1) is 17.3 Å². The van der Waals surface area contributed by atoms with E-state index in [-0.39, 0.29) is 0 Å². The molecule has 2 saturated carbocycles. The third-order valence-corrected chi connectivity index (χ3v) is 4.18. The fourth-order valence-corrected chi connectivity index (χ4v) is 3.78. The van der Waals surface area contributed by atoms with Gasteiger partial charge in [-0.3, -0.25) is 0 Å². The molecule has 0 nitrogen and oxygen atoms in total. The lowest BCUT2D eigenvalue weighted by Crippen LogP contribution is -2.39. The molecule has 0 aromatic rings. The molecule has 80 valence electrons. The van der Waals surface area contributed by atoms with Gasteiger partial charge in [0.2, 0.25) is 0 Å². The summed E-state index contributed by atoms with van der Waals surface area (Å²) in [5, 5.41) is 0. The summed E-state index contributed by atoms with van der Waals surface area (Å²) in [7, 11) is 0. The van der Waals surface area contributed by atoms with Crippen molar-refractivity contribution in [2.24, 2.45) is 17.3 Å². The van der Waals surface area contributed by atoms with Gasteiger partial charge in [0, 0.05) is 0 Å². The predicted octanol–water partition coefficient (Wildman–Crippen LogP) is 4.56. The Morgan fingerprint density at radius 3 is 2.71 bits per heavy atom. The molecule has 1 unspecified atom stereocenters. The van der Waals surface area contributed by atoms with Crippen LogP contribution >= 0.6 is 0 Å². The topological polar surface area (TPSA) is 0 Å². The average Bonchev–Trinajstić information content (AvgIpc) is 2.13. The second-order valence-corrected chi connectivity index (χ2v) is 5.71. The molecule has 0 saturated heterocycles. The van der Waals surface area contributed by atoms with Gasteiger partial charge in [0.05, 0.1) is 0 Å². The zero-order valence-electron chi connectivity index (χ0n) is 9.76. The summed E-state index contributed by atoms with van der Waals surface area (Å²) in [6.45, 7) is 4.65. The first-order valence-electron chi connectivity index (χ1n) is 6.41.